The summed E-state index contributed by atoms with van der Waals surface area (Å²) in [6.45, 7) is 11.6. The first-order valence-electron chi connectivity index (χ1n) is 6.73. The summed E-state index contributed by atoms with van der Waals surface area (Å²) in [7, 11) is 0. The molecule has 0 fully saturated rings. The summed E-state index contributed by atoms with van der Waals surface area (Å²) in [5, 5.41) is 0. The van der Waals surface area contributed by atoms with E-state index in [4.69, 9.17) is 0 Å². The van der Waals surface area contributed by atoms with Crippen molar-refractivity contribution in [1.29, 1.82) is 0 Å². The van der Waals surface area contributed by atoms with Crippen molar-refractivity contribution in [3.63, 3.8) is 0 Å². The molecule has 1 atom stereocenters. The number of carbonyl (C=O) groups excluding carboxylic acids is 1. The van der Waals surface area contributed by atoms with Gasteiger partial charge in [0.2, 0.25) is 0 Å². The molecule has 0 spiro atoms. The van der Waals surface area contributed by atoms with Crippen LogP contribution in [-0.4, -0.2) is 15.2 Å². The van der Waals surface area contributed by atoms with Crippen LogP contribution in [0.2, 0.25) is 0 Å². The Morgan fingerprint density at radius 1 is 1.39 bits per heavy atom. The van der Waals surface area contributed by atoms with E-state index >= 15 is 0 Å². The predicted molar refractivity (Wildman–Crippen MR) is 80.7 cm³/mol. The van der Waals surface area contributed by atoms with Crippen LogP contribution in [0.1, 0.15) is 55.4 Å². The number of hydrogen-bond acceptors (Lipinski definition) is 1. The van der Waals surface area contributed by atoms with Crippen molar-refractivity contribution in [2.75, 3.05) is 0 Å². The van der Waals surface area contributed by atoms with Crippen LogP contribution in [0.4, 0.5) is 0 Å². The van der Waals surface area contributed by atoms with E-state index in [9.17, 15) is 4.79 Å². The van der Waals surface area contributed by atoms with Crippen molar-refractivity contribution >= 4 is 21.7 Å². The van der Waals surface area contributed by atoms with E-state index in [1.807, 2.05) is 13.0 Å². The molecular weight excluding hydrogens is 290 g/mol. The SMILES string of the molecule is CCC(Br)C(=O)c1cc(C)n(CCC(C)C)c1C. The molecule has 1 rings (SSSR count). The molecule has 1 unspecified atom stereocenters. The van der Waals surface area contributed by atoms with Gasteiger partial charge < -0.3 is 4.57 Å². The number of halogens is 1. The quantitative estimate of drug-likeness (QED) is 0.559. The van der Waals surface area contributed by atoms with E-state index < -0.39 is 0 Å². The van der Waals surface area contributed by atoms with Crippen LogP contribution in [-0.2, 0) is 6.54 Å². The van der Waals surface area contributed by atoms with Crippen LogP contribution >= 0.6 is 15.9 Å². The summed E-state index contributed by atoms with van der Waals surface area (Å²) in [6.07, 6.45) is 1.98. The fraction of sp³-hybridized carbons (Fsp3) is 0.667. The largest absolute Gasteiger partial charge is 0.348 e. The zero-order valence-electron chi connectivity index (χ0n) is 12.1. The van der Waals surface area contributed by atoms with Crippen molar-refractivity contribution in [3.8, 4) is 0 Å². The highest BCUT2D eigenvalue weighted by molar-refractivity contribution is 9.10. The molecule has 3 heteroatoms. The number of Topliss-reactive ketones (excluding diaryl/α,β-unsaturated/α-hetero) is 1. The van der Waals surface area contributed by atoms with E-state index in [-0.39, 0.29) is 10.6 Å². The van der Waals surface area contributed by atoms with Crippen molar-refractivity contribution in [1.82, 2.24) is 4.57 Å². The molecule has 0 aliphatic heterocycles. The highest BCUT2D eigenvalue weighted by atomic mass is 79.9. The first kappa shape index (κ1) is 15.5. The van der Waals surface area contributed by atoms with Gasteiger partial charge in [0, 0.05) is 23.5 Å². The number of aromatic nitrogens is 1. The molecule has 0 N–H and O–H groups in total. The van der Waals surface area contributed by atoms with Gasteiger partial charge in [0.15, 0.2) is 5.78 Å². The Morgan fingerprint density at radius 2 is 2.00 bits per heavy atom. The van der Waals surface area contributed by atoms with E-state index in [0.29, 0.717) is 5.92 Å². The van der Waals surface area contributed by atoms with Gasteiger partial charge in [-0.3, -0.25) is 4.79 Å². The van der Waals surface area contributed by atoms with Gasteiger partial charge in [-0.1, -0.05) is 36.7 Å². The third kappa shape index (κ3) is 3.47. The number of rotatable bonds is 6. The Balaban J connectivity index is 2.96. The second-order valence-electron chi connectivity index (χ2n) is 5.36. The van der Waals surface area contributed by atoms with Crippen LogP contribution in [0.5, 0.6) is 0 Å². The fourth-order valence-corrected chi connectivity index (χ4v) is 2.38. The first-order valence-corrected chi connectivity index (χ1v) is 7.65. The van der Waals surface area contributed by atoms with E-state index in [2.05, 4.69) is 48.2 Å². The molecule has 0 bridgehead atoms. The van der Waals surface area contributed by atoms with Gasteiger partial charge in [0.25, 0.3) is 0 Å². The van der Waals surface area contributed by atoms with Gasteiger partial charge in [-0.2, -0.15) is 0 Å². The standard InChI is InChI=1S/C15H24BrNO/c1-6-14(16)15(18)13-9-11(4)17(12(13)5)8-7-10(2)3/h9-10,14H,6-8H2,1-5H3. The summed E-state index contributed by atoms with van der Waals surface area (Å²) in [6, 6.07) is 2.03. The maximum absolute atomic E-state index is 12.2. The minimum atomic E-state index is -0.0588. The highest BCUT2D eigenvalue weighted by Crippen LogP contribution is 2.21. The maximum atomic E-state index is 12.2. The van der Waals surface area contributed by atoms with E-state index in [1.54, 1.807) is 0 Å². The van der Waals surface area contributed by atoms with Crippen molar-refractivity contribution in [2.24, 2.45) is 5.92 Å². The summed E-state index contributed by atoms with van der Waals surface area (Å²) >= 11 is 3.45. The normalized spacial score (nSPS) is 13.1. The predicted octanol–water partition coefficient (Wildman–Crippen LogP) is 4.51. The van der Waals surface area contributed by atoms with Gasteiger partial charge in [-0.15, -0.1) is 0 Å². The number of aryl methyl sites for hydroxylation is 1. The molecule has 1 heterocycles. The second-order valence-corrected chi connectivity index (χ2v) is 6.46. The molecule has 1 aromatic heterocycles. The lowest BCUT2D eigenvalue weighted by Crippen LogP contribution is -2.14. The van der Waals surface area contributed by atoms with E-state index in [0.717, 1.165) is 30.6 Å². The zero-order valence-corrected chi connectivity index (χ0v) is 13.7. The average molecular weight is 314 g/mol. The monoisotopic (exact) mass is 313 g/mol. The average Bonchev–Trinajstić information content (AvgIpc) is 2.60. The molecule has 0 saturated heterocycles. The maximum Gasteiger partial charge on any atom is 0.178 e. The van der Waals surface area contributed by atoms with Gasteiger partial charge in [0.05, 0.1) is 4.83 Å². The Bertz CT molecular complexity index is 420. The number of ketones is 1. The summed E-state index contributed by atoms with van der Waals surface area (Å²) in [4.78, 5) is 12.2. The fourth-order valence-electron chi connectivity index (χ4n) is 2.14. The molecule has 0 aliphatic rings. The number of alkyl halides is 1. The van der Waals surface area contributed by atoms with Crippen LogP contribution < -0.4 is 0 Å². The lowest BCUT2D eigenvalue weighted by Gasteiger charge is -2.12. The molecule has 102 valence electrons. The number of carbonyl (C=O) groups is 1. The highest BCUT2D eigenvalue weighted by Gasteiger charge is 2.20. The van der Waals surface area contributed by atoms with Crippen molar-refractivity contribution in [3.05, 3.63) is 23.0 Å². The first-order chi connectivity index (χ1) is 8.38. The van der Waals surface area contributed by atoms with Crippen LogP contribution in [0.15, 0.2) is 6.07 Å². The molecule has 0 amide bonds. The Kier molecular flexibility index (Phi) is 5.64. The molecule has 0 aromatic carbocycles. The van der Waals surface area contributed by atoms with Crippen LogP contribution in [0.3, 0.4) is 0 Å². The van der Waals surface area contributed by atoms with Crippen LogP contribution in [0, 0.1) is 19.8 Å². The summed E-state index contributed by atoms with van der Waals surface area (Å²) in [5.74, 6) is 0.895. The molecule has 18 heavy (non-hydrogen) atoms. The minimum absolute atomic E-state index is 0.0588. The van der Waals surface area contributed by atoms with Crippen molar-refractivity contribution in [2.45, 2.75) is 58.8 Å². The number of hydrogen-bond donors (Lipinski definition) is 0. The smallest absolute Gasteiger partial charge is 0.178 e. The molecule has 0 saturated carbocycles. The molecule has 0 aliphatic carbocycles. The zero-order chi connectivity index (χ0) is 13.9. The van der Waals surface area contributed by atoms with E-state index in [1.165, 1.54) is 5.69 Å². The van der Waals surface area contributed by atoms with Crippen molar-refractivity contribution < 1.29 is 4.79 Å². The summed E-state index contributed by atoms with van der Waals surface area (Å²) < 4.78 is 2.27. The van der Waals surface area contributed by atoms with Gasteiger partial charge in [-0.05, 0) is 38.7 Å². The third-order valence-electron chi connectivity index (χ3n) is 3.41. The lowest BCUT2D eigenvalue weighted by atomic mass is 10.1. The summed E-state index contributed by atoms with van der Waals surface area (Å²) in [5.41, 5.74) is 3.17. The molecule has 1 aromatic rings. The van der Waals surface area contributed by atoms with Gasteiger partial charge >= 0.3 is 0 Å². The minimum Gasteiger partial charge on any atom is -0.348 e. The van der Waals surface area contributed by atoms with Gasteiger partial charge in [-0.25, -0.2) is 0 Å². The second kappa shape index (κ2) is 6.55. The number of nitrogens with zero attached hydrogens (tertiary/aromatic N) is 1. The molecule has 0 radical (unpaired) electrons. The van der Waals surface area contributed by atoms with Crippen LogP contribution in [0.25, 0.3) is 0 Å². The lowest BCUT2D eigenvalue weighted by molar-refractivity contribution is 0.0989. The third-order valence-corrected chi connectivity index (χ3v) is 4.48. The van der Waals surface area contributed by atoms with Gasteiger partial charge in [0.1, 0.15) is 0 Å². The molecule has 2 nitrogen and oxygen atoms in total. The Labute approximate surface area is 119 Å². The Morgan fingerprint density at radius 3 is 2.50 bits per heavy atom. The Hall–Kier alpha value is -0.570. The molecular formula is C15H24BrNO. The topological polar surface area (TPSA) is 22.0 Å².